The van der Waals surface area contributed by atoms with E-state index in [4.69, 9.17) is 9.47 Å². The summed E-state index contributed by atoms with van der Waals surface area (Å²) in [6, 6.07) is 10.3. The molecule has 1 saturated heterocycles. The lowest BCUT2D eigenvalue weighted by Crippen LogP contribution is -2.30. The Kier molecular flexibility index (Phi) is 4.20. The average molecular weight is 372 g/mol. The summed E-state index contributed by atoms with van der Waals surface area (Å²) in [6.45, 7) is 2.45. The predicted molar refractivity (Wildman–Crippen MR) is 96.6 cm³/mol. The number of carbonyl (C=O) groups excluding carboxylic acids is 1. The van der Waals surface area contributed by atoms with Crippen molar-refractivity contribution in [2.75, 3.05) is 19.1 Å². The largest absolute Gasteiger partial charge is 0.454 e. The number of nitrogens with zero attached hydrogens (tertiary/aromatic N) is 2. The minimum absolute atomic E-state index is 0.0395. The number of nitro groups is 1. The highest BCUT2D eigenvalue weighted by molar-refractivity contribution is 7.99. The van der Waals surface area contributed by atoms with E-state index in [0.29, 0.717) is 29.2 Å². The Bertz CT molecular complexity index is 901. The Morgan fingerprint density at radius 3 is 2.85 bits per heavy atom. The first-order chi connectivity index (χ1) is 12.5. The van der Waals surface area contributed by atoms with Crippen LogP contribution in [0.25, 0.3) is 0 Å². The van der Waals surface area contributed by atoms with Gasteiger partial charge in [-0.15, -0.1) is 11.8 Å². The van der Waals surface area contributed by atoms with Crippen molar-refractivity contribution in [3.8, 4) is 11.5 Å². The van der Waals surface area contributed by atoms with Crippen molar-refractivity contribution < 1.29 is 19.2 Å². The Balaban J connectivity index is 1.63. The van der Waals surface area contributed by atoms with Gasteiger partial charge in [0.2, 0.25) is 6.79 Å². The van der Waals surface area contributed by atoms with Crippen molar-refractivity contribution in [2.24, 2.45) is 0 Å². The van der Waals surface area contributed by atoms with Gasteiger partial charge in [0.15, 0.2) is 11.5 Å². The number of aryl methyl sites for hydroxylation is 1. The van der Waals surface area contributed by atoms with Gasteiger partial charge in [0.1, 0.15) is 5.37 Å². The highest BCUT2D eigenvalue weighted by Gasteiger charge is 2.33. The van der Waals surface area contributed by atoms with E-state index in [1.54, 1.807) is 35.7 Å². The molecule has 0 saturated carbocycles. The van der Waals surface area contributed by atoms with E-state index in [0.717, 1.165) is 11.3 Å². The molecule has 0 bridgehead atoms. The van der Waals surface area contributed by atoms with Gasteiger partial charge in [0, 0.05) is 29.5 Å². The third kappa shape index (κ3) is 2.86. The number of ether oxygens (including phenoxy) is 2. The maximum Gasteiger partial charge on any atom is 0.273 e. The van der Waals surface area contributed by atoms with Crippen LogP contribution in [0.4, 0.5) is 5.69 Å². The Hall–Kier alpha value is -2.74. The molecule has 0 aromatic heterocycles. The third-order valence-corrected chi connectivity index (χ3v) is 5.75. The highest BCUT2D eigenvalue weighted by atomic mass is 32.2. The standard InChI is InChI=1S/C18H16N2O5S/c1-11-2-3-12(8-14(11)20(22)23)17(21)19-6-7-26-18(19)13-4-5-15-16(9-13)25-10-24-15/h2-5,8-9,18H,6-7,10H2,1H3/t18-/m1/s1. The molecule has 2 aromatic rings. The number of benzene rings is 2. The van der Waals surface area contributed by atoms with Gasteiger partial charge in [-0.05, 0) is 30.7 Å². The maximum atomic E-state index is 13.0. The van der Waals surface area contributed by atoms with Gasteiger partial charge < -0.3 is 14.4 Å². The fraction of sp³-hybridized carbons (Fsp3) is 0.278. The molecule has 0 unspecified atom stereocenters. The summed E-state index contributed by atoms with van der Waals surface area (Å²) in [5.74, 6) is 1.97. The molecule has 134 valence electrons. The van der Waals surface area contributed by atoms with Gasteiger partial charge >= 0.3 is 0 Å². The molecule has 4 rings (SSSR count). The van der Waals surface area contributed by atoms with Crippen molar-refractivity contribution in [1.29, 1.82) is 0 Å². The van der Waals surface area contributed by atoms with E-state index in [-0.39, 0.29) is 23.8 Å². The number of carbonyl (C=O) groups is 1. The second-order valence-electron chi connectivity index (χ2n) is 6.09. The molecule has 1 amide bonds. The van der Waals surface area contributed by atoms with Crippen molar-refractivity contribution in [1.82, 2.24) is 4.90 Å². The summed E-state index contributed by atoms with van der Waals surface area (Å²) in [5, 5.41) is 11.0. The van der Waals surface area contributed by atoms with Crippen LogP contribution < -0.4 is 9.47 Å². The molecule has 2 heterocycles. The second kappa shape index (κ2) is 6.53. The monoisotopic (exact) mass is 372 g/mol. The normalized spacial score (nSPS) is 18.2. The lowest BCUT2D eigenvalue weighted by atomic mass is 10.1. The van der Waals surface area contributed by atoms with Gasteiger partial charge in [-0.2, -0.15) is 0 Å². The first-order valence-electron chi connectivity index (χ1n) is 8.12. The van der Waals surface area contributed by atoms with Crippen LogP contribution in [-0.4, -0.2) is 34.8 Å². The highest BCUT2D eigenvalue weighted by Crippen LogP contribution is 2.42. The zero-order valence-electron chi connectivity index (χ0n) is 14.0. The van der Waals surface area contributed by atoms with Crippen molar-refractivity contribution in [3.05, 3.63) is 63.2 Å². The molecule has 8 heteroatoms. The Morgan fingerprint density at radius 2 is 2.04 bits per heavy atom. The number of rotatable bonds is 3. The lowest BCUT2D eigenvalue weighted by molar-refractivity contribution is -0.385. The number of fused-ring (bicyclic) bond motifs is 1. The summed E-state index contributed by atoms with van der Waals surface area (Å²) >= 11 is 1.66. The molecule has 2 aliphatic rings. The zero-order valence-corrected chi connectivity index (χ0v) is 14.8. The Morgan fingerprint density at radius 1 is 1.23 bits per heavy atom. The summed E-state index contributed by atoms with van der Waals surface area (Å²) in [6.07, 6.45) is 0. The topological polar surface area (TPSA) is 81.9 Å². The van der Waals surface area contributed by atoms with E-state index >= 15 is 0 Å². The number of thioether (sulfide) groups is 1. The molecule has 2 aliphatic heterocycles. The molecule has 0 aliphatic carbocycles. The minimum atomic E-state index is -0.458. The molecule has 7 nitrogen and oxygen atoms in total. The van der Waals surface area contributed by atoms with E-state index in [1.807, 2.05) is 18.2 Å². The first kappa shape index (κ1) is 16.7. The SMILES string of the molecule is Cc1ccc(C(=O)N2CCS[C@@H]2c2ccc3c(c2)OCO3)cc1[N+](=O)[O-]. The van der Waals surface area contributed by atoms with Crippen LogP contribution in [0.3, 0.4) is 0 Å². The van der Waals surface area contributed by atoms with E-state index < -0.39 is 4.92 Å². The smallest absolute Gasteiger partial charge is 0.273 e. The van der Waals surface area contributed by atoms with Crippen molar-refractivity contribution in [2.45, 2.75) is 12.3 Å². The fourth-order valence-electron chi connectivity index (χ4n) is 3.13. The van der Waals surface area contributed by atoms with Crippen LogP contribution in [0.1, 0.15) is 26.9 Å². The molecular formula is C18H16N2O5S. The molecule has 26 heavy (non-hydrogen) atoms. The number of hydrogen-bond donors (Lipinski definition) is 0. The summed E-state index contributed by atoms with van der Waals surface area (Å²) in [7, 11) is 0. The van der Waals surface area contributed by atoms with Gasteiger partial charge in [-0.1, -0.05) is 12.1 Å². The van der Waals surface area contributed by atoms with Gasteiger partial charge in [0.05, 0.1) is 4.92 Å². The molecular weight excluding hydrogens is 356 g/mol. The van der Waals surface area contributed by atoms with Crippen molar-refractivity contribution >= 4 is 23.4 Å². The average Bonchev–Trinajstić information content (AvgIpc) is 3.29. The minimum Gasteiger partial charge on any atom is -0.454 e. The third-order valence-electron chi connectivity index (χ3n) is 4.49. The maximum absolute atomic E-state index is 13.0. The van der Waals surface area contributed by atoms with Gasteiger partial charge in [-0.25, -0.2) is 0 Å². The lowest BCUT2D eigenvalue weighted by Gasteiger charge is -2.24. The van der Waals surface area contributed by atoms with Gasteiger partial charge in [-0.3, -0.25) is 14.9 Å². The molecule has 0 N–H and O–H groups in total. The molecule has 1 fully saturated rings. The van der Waals surface area contributed by atoms with E-state index in [1.165, 1.54) is 6.07 Å². The van der Waals surface area contributed by atoms with Crippen molar-refractivity contribution in [3.63, 3.8) is 0 Å². The molecule has 0 spiro atoms. The fourth-order valence-corrected chi connectivity index (χ4v) is 4.37. The van der Waals surface area contributed by atoms with E-state index in [2.05, 4.69) is 0 Å². The van der Waals surface area contributed by atoms with Gasteiger partial charge in [0.25, 0.3) is 11.6 Å². The first-order valence-corrected chi connectivity index (χ1v) is 9.16. The Labute approximate surface area is 154 Å². The summed E-state index contributed by atoms with van der Waals surface area (Å²) in [4.78, 5) is 25.4. The number of hydrogen-bond acceptors (Lipinski definition) is 6. The van der Waals surface area contributed by atoms with Crippen LogP contribution >= 0.6 is 11.8 Å². The zero-order chi connectivity index (χ0) is 18.3. The van der Waals surface area contributed by atoms with E-state index in [9.17, 15) is 14.9 Å². The molecule has 1 atom stereocenters. The summed E-state index contributed by atoms with van der Waals surface area (Å²) in [5.41, 5.74) is 1.78. The quantitative estimate of drug-likeness (QED) is 0.606. The predicted octanol–water partition coefficient (Wildman–Crippen LogP) is 3.52. The molecule has 0 radical (unpaired) electrons. The van der Waals surface area contributed by atoms with Crippen LogP contribution in [0.2, 0.25) is 0 Å². The molecule has 2 aromatic carbocycles. The van der Waals surface area contributed by atoms with Crippen LogP contribution in [0, 0.1) is 17.0 Å². The number of amides is 1. The summed E-state index contributed by atoms with van der Waals surface area (Å²) < 4.78 is 10.8. The van der Waals surface area contributed by atoms with Crippen LogP contribution in [0.5, 0.6) is 11.5 Å². The second-order valence-corrected chi connectivity index (χ2v) is 7.28. The van der Waals surface area contributed by atoms with Crippen LogP contribution in [0.15, 0.2) is 36.4 Å². The number of nitro benzene ring substituents is 1. The van der Waals surface area contributed by atoms with Crippen LogP contribution in [-0.2, 0) is 0 Å².